The smallest absolute Gasteiger partial charge is 0.278 e. The van der Waals surface area contributed by atoms with Crippen molar-refractivity contribution in [2.24, 2.45) is 0 Å². The van der Waals surface area contributed by atoms with Crippen LogP contribution in [0.5, 0.6) is 0 Å². The lowest BCUT2D eigenvalue weighted by Gasteiger charge is -2.29. The van der Waals surface area contributed by atoms with Crippen molar-refractivity contribution in [2.45, 2.75) is 19.3 Å². The maximum atomic E-state index is 13.0. The number of carbonyl (C=O) groups excluding carboxylic acids is 1. The second kappa shape index (κ2) is 6.50. The third kappa shape index (κ3) is 2.76. The number of rotatable bonds is 2. The van der Waals surface area contributed by atoms with Gasteiger partial charge in [0.15, 0.2) is 5.82 Å². The monoisotopic (exact) mass is 356 g/mol. The van der Waals surface area contributed by atoms with Crippen molar-refractivity contribution in [3.63, 3.8) is 0 Å². The Kier molecular flexibility index (Phi) is 3.85. The fourth-order valence-corrected chi connectivity index (χ4v) is 4.03. The standard InChI is InChI=1S/C22H20N4O/c27-22(26-12-5-8-16-6-1-4-10-20(16)26)18-14-24-21(15-23-18)25-13-11-17-7-2-3-9-19(17)25/h1-4,6-7,9-10,14-15H,5,8,11-13H2. The van der Waals surface area contributed by atoms with E-state index in [1.165, 1.54) is 16.8 Å². The van der Waals surface area contributed by atoms with Gasteiger partial charge in [-0.25, -0.2) is 9.97 Å². The van der Waals surface area contributed by atoms with Gasteiger partial charge in [0, 0.05) is 24.5 Å². The second-order valence-electron chi connectivity index (χ2n) is 6.98. The number of hydrogen-bond acceptors (Lipinski definition) is 4. The number of aryl methyl sites for hydroxylation is 1. The highest BCUT2D eigenvalue weighted by Gasteiger charge is 2.25. The third-order valence-corrected chi connectivity index (χ3v) is 5.38. The molecule has 5 nitrogen and oxygen atoms in total. The van der Waals surface area contributed by atoms with Crippen molar-refractivity contribution in [1.29, 1.82) is 0 Å². The molecule has 0 spiro atoms. The van der Waals surface area contributed by atoms with E-state index in [9.17, 15) is 4.79 Å². The fraction of sp³-hybridized carbons (Fsp3) is 0.227. The van der Waals surface area contributed by atoms with Crippen molar-refractivity contribution in [2.75, 3.05) is 22.9 Å². The summed E-state index contributed by atoms with van der Waals surface area (Å²) in [5, 5.41) is 0. The molecule has 1 amide bonds. The number of fused-ring (bicyclic) bond motifs is 2. The van der Waals surface area contributed by atoms with Crippen molar-refractivity contribution in [3.05, 3.63) is 77.7 Å². The maximum absolute atomic E-state index is 13.0. The van der Waals surface area contributed by atoms with Gasteiger partial charge in [-0.3, -0.25) is 4.79 Å². The quantitative estimate of drug-likeness (QED) is 0.701. The number of hydrogen-bond donors (Lipinski definition) is 0. The van der Waals surface area contributed by atoms with Crippen LogP contribution in [0.1, 0.15) is 28.0 Å². The Bertz CT molecular complexity index is 999. The van der Waals surface area contributed by atoms with Crippen LogP contribution in [0.25, 0.3) is 0 Å². The average Bonchev–Trinajstić information content (AvgIpc) is 3.17. The summed E-state index contributed by atoms with van der Waals surface area (Å²) in [4.78, 5) is 26.0. The molecule has 0 unspecified atom stereocenters. The van der Waals surface area contributed by atoms with Gasteiger partial charge < -0.3 is 9.80 Å². The Labute approximate surface area is 158 Å². The normalized spacial score (nSPS) is 15.4. The summed E-state index contributed by atoms with van der Waals surface area (Å²) in [6.45, 7) is 1.61. The second-order valence-corrected chi connectivity index (χ2v) is 6.98. The van der Waals surface area contributed by atoms with Gasteiger partial charge in [0.05, 0.1) is 12.4 Å². The number of aromatic nitrogens is 2. The van der Waals surface area contributed by atoms with Crippen LogP contribution < -0.4 is 9.80 Å². The van der Waals surface area contributed by atoms with E-state index in [1.807, 2.05) is 29.2 Å². The molecule has 0 aliphatic carbocycles. The maximum Gasteiger partial charge on any atom is 0.278 e. The highest BCUT2D eigenvalue weighted by atomic mass is 16.2. The molecule has 2 aromatic carbocycles. The van der Waals surface area contributed by atoms with E-state index in [0.717, 1.165) is 43.9 Å². The van der Waals surface area contributed by atoms with Gasteiger partial charge in [-0.2, -0.15) is 0 Å². The number of amides is 1. The van der Waals surface area contributed by atoms with Gasteiger partial charge in [0.25, 0.3) is 5.91 Å². The van der Waals surface area contributed by atoms with Gasteiger partial charge in [-0.1, -0.05) is 36.4 Å². The zero-order chi connectivity index (χ0) is 18.2. The molecule has 134 valence electrons. The highest BCUT2D eigenvalue weighted by molar-refractivity contribution is 6.05. The van der Waals surface area contributed by atoms with E-state index in [1.54, 1.807) is 12.4 Å². The van der Waals surface area contributed by atoms with Gasteiger partial charge in [-0.05, 0) is 42.5 Å². The molecule has 0 fully saturated rings. The largest absolute Gasteiger partial charge is 0.325 e. The molecule has 0 bridgehead atoms. The summed E-state index contributed by atoms with van der Waals surface area (Å²) < 4.78 is 0. The van der Waals surface area contributed by atoms with E-state index in [0.29, 0.717) is 5.69 Å². The molecule has 0 saturated carbocycles. The minimum absolute atomic E-state index is 0.0805. The molecule has 5 rings (SSSR count). The number of para-hydroxylation sites is 2. The third-order valence-electron chi connectivity index (χ3n) is 5.38. The van der Waals surface area contributed by atoms with Gasteiger partial charge in [0.2, 0.25) is 0 Å². The SMILES string of the molecule is O=C(c1cnc(N2CCc3ccccc32)cn1)N1CCCc2ccccc21. The average molecular weight is 356 g/mol. The molecule has 0 radical (unpaired) electrons. The molecule has 2 aliphatic rings. The van der Waals surface area contributed by atoms with E-state index in [4.69, 9.17) is 0 Å². The molecule has 5 heteroatoms. The van der Waals surface area contributed by atoms with E-state index >= 15 is 0 Å². The van der Waals surface area contributed by atoms with Crippen LogP contribution in [-0.2, 0) is 12.8 Å². The van der Waals surface area contributed by atoms with Crippen molar-refractivity contribution in [1.82, 2.24) is 9.97 Å². The Morgan fingerprint density at radius 1 is 0.815 bits per heavy atom. The highest BCUT2D eigenvalue weighted by Crippen LogP contribution is 2.33. The van der Waals surface area contributed by atoms with Crippen molar-refractivity contribution >= 4 is 23.1 Å². The lowest BCUT2D eigenvalue weighted by Crippen LogP contribution is -2.36. The zero-order valence-electron chi connectivity index (χ0n) is 15.0. The molecule has 0 atom stereocenters. The van der Waals surface area contributed by atoms with Crippen molar-refractivity contribution < 1.29 is 4.79 Å². The Morgan fingerprint density at radius 2 is 1.56 bits per heavy atom. The van der Waals surface area contributed by atoms with Crippen LogP contribution >= 0.6 is 0 Å². The number of carbonyl (C=O) groups is 1. The number of anilines is 3. The van der Waals surface area contributed by atoms with Crippen LogP contribution in [0.4, 0.5) is 17.2 Å². The fourth-order valence-electron chi connectivity index (χ4n) is 4.03. The number of nitrogens with zero attached hydrogens (tertiary/aromatic N) is 4. The molecule has 0 saturated heterocycles. The van der Waals surface area contributed by atoms with E-state index < -0.39 is 0 Å². The Morgan fingerprint density at radius 3 is 2.33 bits per heavy atom. The van der Waals surface area contributed by atoms with E-state index in [2.05, 4.69) is 39.1 Å². The predicted octanol–water partition coefficient (Wildman–Crippen LogP) is 3.76. The van der Waals surface area contributed by atoms with Gasteiger partial charge in [-0.15, -0.1) is 0 Å². The van der Waals surface area contributed by atoms with Crippen LogP contribution in [0.2, 0.25) is 0 Å². The predicted molar refractivity (Wildman–Crippen MR) is 106 cm³/mol. The van der Waals surface area contributed by atoms with Crippen LogP contribution in [0.3, 0.4) is 0 Å². The van der Waals surface area contributed by atoms with Gasteiger partial charge >= 0.3 is 0 Å². The lowest BCUT2D eigenvalue weighted by atomic mass is 10.0. The minimum Gasteiger partial charge on any atom is -0.325 e. The first kappa shape index (κ1) is 16.0. The summed E-state index contributed by atoms with van der Waals surface area (Å²) >= 11 is 0. The molecule has 3 heterocycles. The summed E-state index contributed by atoms with van der Waals surface area (Å²) in [6.07, 6.45) is 6.31. The molecule has 27 heavy (non-hydrogen) atoms. The van der Waals surface area contributed by atoms with E-state index in [-0.39, 0.29) is 5.91 Å². The Hall–Kier alpha value is -3.21. The van der Waals surface area contributed by atoms with Crippen LogP contribution in [0, 0.1) is 0 Å². The summed E-state index contributed by atoms with van der Waals surface area (Å²) in [5.74, 6) is 0.707. The minimum atomic E-state index is -0.0805. The Balaban J connectivity index is 1.41. The summed E-state index contributed by atoms with van der Waals surface area (Å²) in [5.41, 5.74) is 5.10. The summed E-state index contributed by atoms with van der Waals surface area (Å²) in [6, 6.07) is 16.5. The lowest BCUT2D eigenvalue weighted by molar-refractivity contribution is 0.0980. The van der Waals surface area contributed by atoms with Crippen LogP contribution in [-0.4, -0.2) is 29.0 Å². The van der Waals surface area contributed by atoms with Crippen LogP contribution in [0.15, 0.2) is 60.9 Å². The zero-order valence-corrected chi connectivity index (χ0v) is 15.0. The summed E-state index contributed by atoms with van der Waals surface area (Å²) in [7, 11) is 0. The van der Waals surface area contributed by atoms with Crippen molar-refractivity contribution in [3.8, 4) is 0 Å². The molecular weight excluding hydrogens is 336 g/mol. The molecule has 1 aromatic heterocycles. The topological polar surface area (TPSA) is 49.3 Å². The molecule has 2 aliphatic heterocycles. The van der Waals surface area contributed by atoms with Gasteiger partial charge in [0.1, 0.15) is 5.69 Å². The molecular formula is C22H20N4O. The first-order chi connectivity index (χ1) is 13.3. The molecule has 0 N–H and O–H groups in total. The first-order valence-electron chi connectivity index (χ1n) is 9.38. The number of benzene rings is 2. The first-order valence-corrected chi connectivity index (χ1v) is 9.38. The molecule has 3 aromatic rings.